The van der Waals surface area contributed by atoms with E-state index in [9.17, 15) is 27.6 Å². The van der Waals surface area contributed by atoms with Gasteiger partial charge in [0.25, 0.3) is 0 Å². The van der Waals surface area contributed by atoms with Crippen LogP contribution in [0.1, 0.15) is 81.0 Å². The van der Waals surface area contributed by atoms with Gasteiger partial charge in [-0.15, -0.1) is 5.06 Å². The highest BCUT2D eigenvalue weighted by molar-refractivity contribution is 5.78. The van der Waals surface area contributed by atoms with Crippen LogP contribution in [0.4, 0.5) is 22.8 Å². The number of benzene rings is 2. The van der Waals surface area contributed by atoms with Crippen LogP contribution in [0.2, 0.25) is 0 Å². The third-order valence-corrected chi connectivity index (χ3v) is 6.37. The van der Waals surface area contributed by atoms with Crippen LogP contribution in [-0.4, -0.2) is 55.6 Å². The lowest BCUT2D eigenvalue weighted by molar-refractivity contribution is -0.230. The molecule has 0 heterocycles. The summed E-state index contributed by atoms with van der Waals surface area (Å²) in [5.41, 5.74) is 3.40. The molecule has 0 bridgehead atoms. The highest BCUT2D eigenvalue weighted by atomic mass is 19.4. The summed E-state index contributed by atoms with van der Waals surface area (Å²) in [4.78, 5) is 40.8. The highest BCUT2D eigenvalue weighted by Crippen LogP contribution is 2.29. The topological polar surface area (TPSA) is 106 Å². The van der Waals surface area contributed by atoms with E-state index < -0.39 is 24.3 Å². The fourth-order valence-electron chi connectivity index (χ4n) is 4.06. The van der Waals surface area contributed by atoms with Gasteiger partial charge in [0.15, 0.2) is 0 Å². The van der Waals surface area contributed by atoms with Crippen LogP contribution in [0.25, 0.3) is 0 Å². The van der Waals surface area contributed by atoms with E-state index in [-0.39, 0.29) is 30.6 Å². The molecule has 0 radical (unpaired) electrons. The normalized spacial score (nSPS) is 11.4. The molecule has 43 heavy (non-hydrogen) atoms. The van der Waals surface area contributed by atoms with Crippen LogP contribution in [0, 0.1) is 13.8 Å². The predicted molar refractivity (Wildman–Crippen MR) is 156 cm³/mol. The summed E-state index contributed by atoms with van der Waals surface area (Å²) in [6.07, 6.45) is -5.50. The molecule has 2 amide bonds. The second-order valence-corrected chi connectivity index (χ2v) is 10.9. The number of amides is 2. The van der Waals surface area contributed by atoms with E-state index in [1.54, 1.807) is 19.1 Å². The number of halogens is 3. The molecule has 0 atom stereocenters. The number of hydrogen-bond acceptors (Lipinski definition) is 7. The zero-order valence-corrected chi connectivity index (χ0v) is 25.6. The van der Waals surface area contributed by atoms with Gasteiger partial charge in [0.05, 0.1) is 6.54 Å². The number of hydrogen-bond donors (Lipinski definition) is 2. The summed E-state index contributed by atoms with van der Waals surface area (Å²) in [6, 6.07) is 10.9. The van der Waals surface area contributed by atoms with Crippen LogP contribution >= 0.6 is 0 Å². The molecule has 0 unspecified atom stereocenters. The van der Waals surface area contributed by atoms with Gasteiger partial charge in [-0.2, -0.15) is 13.2 Å². The van der Waals surface area contributed by atoms with Crippen molar-refractivity contribution in [1.82, 2.24) is 15.7 Å². The molecule has 0 aliphatic rings. The van der Waals surface area contributed by atoms with E-state index in [1.807, 2.05) is 58.9 Å². The number of nitrogens with zero attached hydrogens (tertiary/aromatic N) is 1. The Kier molecular flexibility index (Phi) is 13.8. The second-order valence-electron chi connectivity index (χ2n) is 10.9. The number of unbranched alkanes of at least 4 members (excludes halogenated alkanes) is 1. The molecular formula is C31H42F3N3O6. The zero-order valence-electron chi connectivity index (χ0n) is 25.6. The number of carbonyl (C=O) groups excluding carboxylic acids is 3. The second kappa shape index (κ2) is 16.7. The van der Waals surface area contributed by atoms with Crippen LogP contribution in [0.5, 0.6) is 11.5 Å². The molecule has 0 aliphatic heterocycles. The van der Waals surface area contributed by atoms with E-state index in [4.69, 9.17) is 9.47 Å². The Morgan fingerprint density at radius 1 is 0.791 bits per heavy atom. The van der Waals surface area contributed by atoms with Crippen LogP contribution < -0.4 is 20.1 Å². The molecule has 0 aliphatic carbocycles. The Morgan fingerprint density at radius 3 is 1.84 bits per heavy atom. The number of carbonyl (C=O) groups is 3. The first-order valence-corrected chi connectivity index (χ1v) is 14.3. The molecule has 0 aromatic heterocycles. The molecule has 0 saturated carbocycles. The summed E-state index contributed by atoms with van der Waals surface area (Å²) in [6.45, 7) is 12.5. The monoisotopic (exact) mass is 609 g/mol. The Morgan fingerprint density at radius 2 is 1.30 bits per heavy atom. The predicted octanol–water partition coefficient (Wildman–Crippen LogP) is 6.92. The molecule has 2 aromatic rings. The molecule has 0 spiro atoms. The number of hydroxylamine groups is 2. The van der Waals surface area contributed by atoms with Gasteiger partial charge in [-0.3, -0.25) is 0 Å². The van der Waals surface area contributed by atoms with Crippen molar-refractivity contribution in [2.75, 3.05) is 26.2 Å². The van der Waals surface area contributed by atoms with E-state index in [1.165, 1.54) is 0 Å². The van der Waals surface area contributed by atoms with E-state index >= 15 is 0 Å². The average Bonchev–Trinajstić information content (AvgIpc) is 2.90. The van der Waals surface area contributed by atoms with Crippen molar-refractivity contribution in [2.45, 2.75) is 78.8 Å². The van der Waals surface area contributed by atoms with Crippen molar-refractivity contribution in [3.8, 4) is 11.5 Å². The molecule has 9 nitrogen and oxygen atoms in total. The van der Waals surface area contributed by atoms with Gasteiger partial charge in [-0.1, -0.05) is 52.0 Å². The van der Waals surface area contributed by atoms with E-state index in [2.05, 4.69) is 15.5 Å². The van der Waals surface area contributed by atoms with Crippen molar-refractivity contribution < 1.29 is 41.9 Å². The first-order chi connectivity index (χ1) is 20.2. The van der Waals surface area contributed by atoms with Crippen molar-refractivity contribution in [3.63, 3.8) is 0 Å². The zero-order chi connectivity index (χ0) is 32.2. The third kappa shape index (κ3) is 12.1. The van der Waals surface area contributed by atoms with Gasteiger partial charge < -0.3 is 24.9 Å². The maximum Gasteiger partial charge on any atom is 0.493 e. The maximum atomic E-state index is 12.8. The number of alkyl halides is 3. The van der Waals surface area contributed by atoms with Crippen molar-refractivity contribution in [3.05, 3.63) is 58.7 Å². The molecule has 2 rings (SSSR count). The summed E-state index contributed by atoms with van der Waals surface area (Å²) >= 11 is 0. The van der Waals surface area contributed by atoms with Crippen molar-refractivity contribution in [1.29, 1.82) is 0 Å². The smallest absolute Gasteiger partial charge is 0.410 e. The summed E-state index contributed by atoms with van der Waals surface area (Å²) in [5, 5.41) is 6.13. The lowest BCUT2D eigenvalue weighted by Gasteiger charge is -2.22. The lowest BCUT2D eigenvalue weighted by Crippen LogP contribution is -2.41. The Balaban J connectivity index is 1.78. The summed E-state index contributed by atoms with van der Waals surface area (Å²) in [7, 11) is 0. The van der Waals surface area contributed by atoms with E-state index in [0.717, 1.165) is 16.7 Å². The Labute approximate surface area is 251 Å². The van der Waals surface area contributed by atoms with Gasteiger partial charge in [-0.25, -0.2) is 14.4 Å². The highest BCUT2D eigenvalue weighted by Gasteiger charge is 2.43. The van der Waals surface area contributed by atoms with Gasteiger partial charge >= 0.3 is 24.3 Å². The maximum absolute atomic E-state index is 12.8. The quantitative estimate of drug-likeness (QED) is 0.188. The van der Waals surface area contributed by atoms with Crippen LogP contribution in [0.3, 0.4) is 0 Å². The van der Waals surface area contributed by atoms with Crippen LogP contribution in [0.15, 0.2) is 36.4 Å². The van der Waals surface area contributed by atoms with Gasteiger partial charge in [-0.05, 0) is 92.4 Å². The van der Waals surface area contributed by atoms with Crippen molar-refractivity contribution >= 4 is 18.2 Å². The molecule has 2 N–H and O–H groups in total. The minimum absolute atomic E-state index is 0.0227. The number of rotatable bonds is 13. The van der Waals surface area contributed by atoms with Crippen LogP contribution in [-0.2, 0) is 9.63 Å². The van der Waals surface area contributed by atoms with Gasteiger partial charge in [0.2, 0.25) is 0 Å². The lowest BCUT2D eigenvalue weighted by atomic mass is 10.0. The fraction of sp³-hybridized carbons (Fsp3) is 0.516. The molecule has 238 valence electrons. The summed E-state index contributed by atoms with van der Waals surface area (Å²) < 4.78 is 49.3. The first kappa shape index (κ1) is 35.4. The van der Waals surface area contributed by atoms with Gasteiger partial charge in [0, 0.05) is 6.54 Å². The van der Waals surface area contributed by atoms with E-state index in [0.29, 0.717) is 48.9 Å². The largest absolute Gasteiger partial charge is 0.493 e. The fourth-order valence-corrected chi connectivity index (χ4v) is 4.06. The number of nitrogens with one attached hydrogen (secondary N) is 2. The third-order valence-electron chi connectivity index (χ3n) is 6.37. The minimum Gasteiger partial charge on any atom is -0.410 e. The average molecular weight is 610 g/mol. The Hall–Kier alpha value is -3.80. The summed E-state index contributed by atoms with van der Waals surface area (Å²) in [5.74, 6) is -1.62. The molecule has 2 aromatic carbocycles. The van der Waals surface area contributed by atoms with Crippen molar-refractivity contribution in [2.24, 2.45) is 0 Å². The standard InChI is InChI=1S/C31H42F3N3O6/c1-20(2)24-12-10-22(5)18-26(24)41-29(39)36-16-8-7-14-35-15-9-17-37(43-28(38)31(32,33)34)30(40)42-27-19-23(6)11-13-25(27)21(3)4/h10-13,18-21,35H,7-9,14-17H2,1-6H3,(H,36,39). The SMILES string of the molecule is Cc1ccc(C(C)C)c(OC(=O)NCCCCNCCCN(OC(=O)C(F)(F)F)C(=O)Oc2cc(C)ccc2C(C)C)c1. The number of aryl methyl sites for hydroxylation is 2. The Bertz CT molecular complexity index is 1230. The molecular weight excluding hydrogens is 567 g/mol. The molecule has 12 heteroatoms. The molecule has 0 fully saturated rings. The number of ether oxygens (including phenoxy) is 2. The minimum atomic E-state index is -5.28. The van der Waals surface area contributed by atoms with Gasteiger partial charge in [0.1, 0.15) is 11.5 Å². The first-order valence-electron chi connectivity index (χ1n) is 14.3. The molecule has 0 saturated heterocycles.